The third-order valence-electron chi connectivity index (χ3n) is 6.70. The summed E-state index contributed by atoms with van der Waals surface area (Å²) in [5.74, 6) is -2.62. The lowest BCUT2D eigenvalue weighted by atomic mass is 9.88. The van der Waals surface area contributed by atoms with E-state index in [1.54, 1.807) is 13.8 Å². The number of nitrogens with one attached hydrogen (secondary N) is 3. The first-order valence-electron chi connectivity index (χ1n) is 15.0. The van der Waals surface area contributed by atoms with Gasteiger partial charge in [-0.25, -0.2) is 9.59 Å². The third kappa shape index (κ3) is 20.3. The molecular formula is C31H57N3O8S. The van der Waals surface area contributed by atoms with Gasteiger partial charge in [-0.2, -0.15) is 11.8 Å². The fourth-order valence-corrected chi connectivity index (χ4v) is 4.85. The Morgan fingerprint density at radius 1 is 0.721 bits per heavy atom. The van der Waals surface area contributed by atoms with Crippen molar-refractivity contribution in [1.82, 2.24) is 16.0 Å². The van der Waals surface area contributed by atoms with E-state index in [0.717, 1.165) is 6.42 Å². The molecule has 0 fully saturated rings. The van der Waals surface area contributed by atoms with E-state index in [9.17, 15) is 34.2 Å². The van der Waals surface area contributed by atoms with E-state index in [0.29, 0.717) is 31.6 Å². The highest BCUT2D eigenvalue weighted by Crippen LogP contribution is 2.24. The second-order valence-electron chi connectivity index (χ2n) is 14.8. The Kier molecular flexibility index (Phi) is 16.9. The van der Waals surface area contributed by atoms with Crippen molar-refractivity contribution in [3.05, 3.63) is 0 Å². The van der Waals surface area contributed by atoms with Gasteiger partial charge in [0.25, 0.3) is 0 Å². The molecule has 3 amide bonds. The highest BCUT2D eigenvalue weighted by molar-refractivity contribution is 7.99. The van der Waals surface area contributed by atoms with Crippen molar-refractivity contribution in [2.24, 2.45) is 16.2 Å². The Morgan fingerprint density at radius 2 is 1.30 bits per heavy atom. The van der Waals surface area contributed by atoms with Crippen molar-refractivity contribution < 1.29 is 38.9 Å². The van der Waals surface area contributed by atoms with Crippen molar-refractivity contribution >= 4 is 41.4 Å². The van der Waals surface area contributed by atoms with Gasteiger partial charge >= 0.3 is 11.9 Å². The molecule has 0 aromatic heterocycles. The number of carboxylic acid groups (broad SMARTS) is 2. The maximum absolute atomic E-state index is 13.0. The van der Waals surface area contributed by atoms with E-state index in [4.69, 9.17) is 4.74 Å². The number of rotatable bonds is 20. The maximum atomic E-state index is 13.0. The topological polar surface area (TPSA) is 171 Å². The van der Waals surface area contributed by atoms with Crippen LogP contribution in [0.1, 0.15) is 108 Å². The van der Waals surface area contributed by atoms with Crippen LogP contribution in [-0.2, 0) is 28.7 Å². The summed E-state index contributed by atoms with van der Waals surface area (Å²) >= 11 is 1.42. The summed E-state index contributed by atoms with van der Waals surface area (Å²) in [5.41, 5.74) is -1.40. The van der Waals surface area contributed by atoms with Crippen molar-refractivity contribution in [1.29, 1.82) is 0 Å². The van der Waals surface area contributed by atoms with E-state index in [1.165, 1.54) is 11.8 Å². The van der Waals surface area contributed by atoms with Crippen LogP contribution < -0.4 is 16.0 Å². The normalized spacial score (nSPS) is 14.0. The van der Waals surface area contributed by atoms with E-state index < -0.39 is 46.9 Å². The SMILES string of the molecule is CC(C)(C)CCC(=O)NCCC(C)(C)OCCC(C)(C)C(=O)N[C@@H](CCC(=O)N[C@@H](CSCC(C)(C)C)C(=O)O)C(=O)O. The number of aliphatic carboxylic acids is 2. The molecule has 0 aliphatic rings. The molecule has 0 radical (unpaired) electrons. The summed E-state index contributed by atoms with van der Waals surface area (Å²) < 4.78 is 6.00. The highest BCUT2D eigenvalue weighted by Gasteiger charge is 2.32. The van der Waals surface area contributed by atoms with Gasteiger partial charge in [0.2, 0.25) is 17.7 Å². The zero-order chi connectivity index (χ0) is 33.6. The zero-order valence-corrected chi connectivity index (χ0v) is 28.8. The largest absolute Gasteiger partial charge is 0.480 e. The van der Waals surface area contributed by atoms with Gasteiger partial charge in [-0.1, -0.05) is 55.4 Å². The van der Waals surface area contributed by atoms with Crippen molar-refractivity contribution in [3.8, 4) is 0 Å². The molecule has 2 atom stereocenters. The Labute approximate surface area is 262 Å². The van der Waals surface area contributed by atoms with Crippen LogP contribution in [0.3, 0.4) is 0 Å². The lowest BCUT2D eigenvalue weighted by Gasteiger charge is -2.30. The number of thioether (sulfide) groups is 1. The molecule has 0 aliphatic heterocycles. The molecule has 5 N–H and O–H groups in total. The number of hydrogen-bond donors (Lipinski definition) is 5. The van der Waals surface area contributed by atoms with E-state index in [-0.39, 0.29) is 41.9 Å². The quantitative estimate of drug-likeness (QED) is 0.132. The standard InChI is InChI=1S/C31H57N3O8S/c1-28(2,3)14-13-23(35)32-17-15-31(9,10)42-18-16-30(7,8)27(41)34-21(25(37)38)11-12-24(36)33-22(26(39)40)19-43-20-29(4,5)6/h21-22H,11-20H2,1-10H3,(H,32,35)(H,33,36)(H,34,41)(H,37,38)(H,39,40)/t21-,22-/m0/s1. The van der Waals surface area contributed by atoms with Gasteiger partial charge in [0.15, 0.2) is 0 Å². The molecule has 0 unspecified atom stereocenters. The molecule has 0 saturated heterocycles. The second kappa shape index (κ2) is 17.8. The van der Waals surface area contributed by atoms with Crippen LogP contribution in [0, 0.1) is 16.2 Å². The van der Waals surface area contributed by atoms with Crippen molar-refractivity contribution in [3.63, 3.8) is 0 Å². The Bertz CT molecular complexity index is 938. The first-order valence-corrected chi connectivity index (χ1v) is 16.1. The van der Waals surface area contributed by atoms with Gasteiger partial charge in [0, 0.05) is 37.2 Å². The molecule has 0 heterocycles. The lowest BCUT2D eigenvalue weighted by Crippen LogP contribution is -2.48. The van der Waals surface area contributed by atoms with Crippen molar-refractivity contribution in [2.75, 3.05) is 24.7 Å². The van der Waals surface area contributed by atoms with Crippen LogP contribution >= 0.6 is 11.8 Å². The van der Waals surface area contributed by atoms with Crippen LogP contribution in [-0.4, -0.2) is 82.2 Å². The van der Waals surface area contributed by atoms with Gasteiger partial charge < -0.3 is 30.9 Å². The first-order chi connectivity index (χ1) is 19.4. The monoisotopic (exact) mass is 631 g/mol. The van der Waals surface area contributed by atoms with Crippen LogP contribution in [0.2, 0.25) is 0 Å². The summed E-state index contributed by atoms with van der Waals surface area (Å²) in [6.07, 6.45) is 1.73. The molecular weight excluding hydrogens is 574 g/mol. The molecule has 0 aromatic rings. The lowest BCUT2D eigenvalue weighted by molar-refractivity contribution is -0.144. The molecule has 0 aliphatic carbocycles. The number of carbonyl (C=O) groups is 5. The van der Waals surface area contributed by atoms with E-state index in [2.05, 4.69) is 36.7 Å². The van der Waals surface area contributed by atoms with Crippen LogP contribution in [0.5, 0.6) is 0 Å². The minimum Gasteiger partial charge on any atom is -0.480 e. The summed E-state index contributed by atoms with van der Waals surface area (Å²) in [6.45, 7) is 20.3. The Hall–Kier alpha value is -2.34. The third-order valence-corrected chi connectivity index (χ3v) is 8.34. The molecule has 12 heteroatoms. The fourth-order valence-electron chi connectivity index (χ4n) is 3.66. The van der Waals surface area contributed by atoms with Gasteiger partial charge in [-0.05, 0) is 56.1 Å². The summed E-state index contributed by atoms with van der Waals surface area (Å²) in [4.78, 5) is 60.9. The average molecular weight is 632 g/mol. The molecule has 250 valence electrons. The fraction of sp³-hybridized carbons (Fsp3) is 0.839. The molecule has 0 rings (SSSR count). The Balaban J connectivity index is 4.75. The highest BCUT2D eigenvalue weighted by atomic mass is 32.2. The second-order valence-corrected chi connectivity index (χ2v) is 15.9. The molecule has 0 saturated carbocycles. The van der Waals surface area contributed by atoms with Gasteiger partial charge in [0.05, 0.1) is 5.60 Å². The number of carboxylic acids is 2. The van der Waals surface area contributed by atoms with Crippen LogP contribution in [0.25, 0.3) is 0 Å². The van der Waals surface area contributed by atoms with Gasteiger partial charge in [-0.3, -0.25) is 14.4 Å². The summed E-state index contributed by atoms with van der Waals surface area (Å²) in [7, 11) is 0. The van der Waals surface area contributed by atoms with Crippen LogP contribution in [0.4, 0.5) is 0 Å². The van der Waals surface area contributed by atoms with Crippen molar-refractivity contribution in [2.45, 2.75) is 125 Å². The molecule has 11 nitrogen and oxygen atoms in total. The average Bonchev–Trinajstić information content (AvgIpc) is 2.82. The molecule has 43 heavy (non-hydrogen) atoms. The summed E-state index contributed by atoms with van der Waals surface area (Å²) in [6, 6.07) is -2.40. The molecule has 0 spiro atoms. The molecule has 0 aromatic carbocycles. The summed E-state index contributed by atoms with van der Waals surface area (Å²) in [5, 5.41) is 27.0. The number of ether oxygens (including phenoxy) is 1. The Morgan fingerprint density at radius 3 is 1.81 bits per heavy atom. The first kappa shape index (κ1) is 40.7. The number of carbonyl (C=O) groups excluding carboxylic acids is 3. The zero-order valence-electron chi connectivity index (χ0n) is 28.0. The predicted molar refractivity (Wildman–Crippen MR) is 170 cm³/mol. The predicted octanol–water partition coefficient (Wildman–Crippen LogP) is 4.23. The van der Waals surface area contributed by atoms with E-state index >= 15 is 0 Å². The van der Waals surface area contributed by atoms with Gasteiger partial charge in [0.1, 0.15) is 12.1 Å². The van der Waals surface area contributed by atoms with Crippen LogP contribution in [0.15, 0.2) is 0 Å². The van der Waals surface area contributed by atoms with E-state index in [1.807, 2.05) is 34.6 Å². The minimum absolute atomic E-state index is 0.00537. The number of amides is 3. The minimum atomic E-state index is -1.31. The molecule has 0 bridgehead atoms. The number of hydrogen-bond acceptors (Lipinski definition) is 7. The smallest absolute Gasteiger partial charge is 0.327 e. The van der Waals surface area contributed by atoms with Gasteiger partial charge in [-0.15, -0.1) is 0 Å². The maximum Gasteiger partial charge on any atom is 0.327 e.